The molecule has 0 heterocycles. The Morgan fingerprint density at radius 3 is 2.15 bits per heavy atom. The molecule has 1 amide bonds. The quantitative estimate of drug-likeness (QED) is 0.578. The molecule has 3 aromatic carbocycles. The predicted octanol–water partition coefficient (Wildman–Crippen LogP) is 5.61. The van der Waals surface area contributed by atoms with Gasteiger partial charge in [-0.1, -0.05) is 72.3 Å². The van der Waals surface area contributed by atoms with Crippen LogP contribution in [0.3, 0.4) is 0 Å². The summed E-state index contributed by atoms with van der Waals surface area (Å²) in [5, 5.41) is 3.30. The summed E-state index contributed by atoms with van der Waals surface area (Å²) < 4.78 is 0. The van der Waals surface area contributed by atoms with E-state index in [1.165, 1.54) is 0 Å². The topological polar surface area (TPSA) is 46.2 Å². The lowest BCUT2D eigenvalue weighted by molar-refractivity contribution is -0.116. The Balaban J connectivity index is 1.55. The van der Waals surface area contributed by atoms with Crippen LogP contribution in [0.1, 0.15) is 23.2 Å². The van der Waals surface area contributed by atoms with Crippen LogP contribution < -0.4 is 5.32 Å². The number of rotatable bonds is 6. The normalized spacial score (nSPS) is 10.3. The zero-order valence-corrected chi connectivity index (χ0v) is 14.9. The third kappa shape index (κ3) is 4.80. The highest BCUT2D eigenvalue weighted by Crippen LogP contribution is 2.20. The van der Waals surface area contributed by atoms with Gasteiger partial charge in [0.05, 0.1) is 0 Å². The summed E-state index contributed by atoms with van der Waals surface area (Å²) in [5.41, 5.74) is 3.40. The van der Waals surface area contributed by atoms with E-state index in [0.717, 1.165) is 11.1 Å². The Kier molecular flexibility index (Phi) is 5.82. The first-order valence-corrected chi connectivity index (χ1v) is 8.74. The molecule has 130 valence electrons. The van der Waals surface area contributed by atoms with Gasteiger partial charge in [-0.2, -0.15) is 0 Å². The standard InChI is InChI=1S/C22H18ClNO2/c23-19-7-4-8-20(15-19)24-22(26)14-13-21(25)18-11-9-17(10-12-18)16-5-2-1-3-6-16/h1-12,15H,13-14H2,(H,24,26). The average molecular weight is 364 g/mol. The Hall–Kier alpha value is -2.91. The van der Waals surface area contributed by atoms with Crippen molar-refractivity contribution in [2.24, 2.45) is 0 Å². The molecule has 3 aromatic rings. The number of halogens is 1. The zero-order chi connectivity index (χ0) is 18.4. The lowest BCUT2D eigenvalue weighted by Gasteiger charge is -2.06. The summed E-state index contributed by atoms with van der Waals surface area (Å²) in [6, 6.07) is 24.4. The molecule has 0 aliphatic heterocycles. The monoisotopic (exact) mass is 363 g/mol. The molecule has 1 N–H and O–H groups in total. The molecule has 0 aliphatic rings. The minimum absolute atomic E-state index is 0.0501. The molecular weight excluding hydrogens is 346 g/mol. The lowest BCUT2D eigenvalue weighted by atomic mass is 10.0. The van der Waals surface area contributed by atoms with Crippen LogP contribution in [-0.4, -0.2) is 11.7 Å². The first-order chi connectivity index (χ1) is 12.6. The van der Waals surface area contributed by atoms with Crippen LogP contribution in [0.25, 0.3) is 11.1 Å². The number of anilines is 1. The number of hydrogen-bond acceptors (Lipinski definition) is 2. The molecule has 26 heavy (non-hydrogen) atoms. The summed E-state index contributed by atoms with van der Waals surface area (Å²) in [4.78, 5) is 24.3. The van der Waals surface area contributed by atoms with E-state index in [2.05, 4.69) is 5.32 Å². The van der Waals surface area contributed by atoms with Crippen molar-refractivity contribution in [1.29, 1.82) is 0 Å². The summed E-state index contributed by atoms with van der Waals surface area (Å²) in [6.07, 6.45) is 0.295. The van der Waals surface area contributed by atoms with Gasteiger partial charge < -0.3 is 5.32 Å². The SMILES string of the molecule is O=C(CCC(=O)c1ccc(-c2ccccc2)cc1)Nc1cccc(Cl)c1. The maximum absolute atomic E-state index is 12.3. The molecule has 0 spiro atoms. The van der Waals surface area contributed by atoms with Crippen molar-refractivity contribution in [3.8, 4) is 11.1 Å². The lowest BCUT2D eigenvalue weighted by Crippen LogP contribution is -2.13. The predicted molar refractivity (Wildman–Crippen MR) is 106 cm³/mol. The fraction of sp³-hybridized carbons (Fsp3) is 0.0909. The molecule has 0 radical (unpaired) electrons. The first kappa shape index (κ1) is 17.9. The Labute approximate surface area is 157 Å². The summed E-state index contributed by atoms with van der Waals surface area (Å²) in [7, 11) is 0. The summed E-state index contributed by atoms with van der Waals surface area (Å²) in [5.74, 6) is -0.257. The molecule has 3 rings (SSSR count). The fourth-order valence-electron chi connectivity index (χ4n) is 2.64. The highest BCUT2D eigenvalue weighted by Gasteiger charge is 2.10. The van der Waals surface area contributed by atoms with E-state index in [1.807, 2.05) is 42.5 Å². The molecule has 0 aromatic heterocycles. The van der Waals surface area contributed by atoms with Crippen LogP contribution in [0.5, 0.6) is 0 Å². The van der Waals surface area contributed by atoms with Gasteiger partial charge in [-0.25, -0.2) is 0 Å². The Morgan fingerprint density at radius 2 is 1.46 bits per heavy atom. The van der Waals surface area contributed by atoms with Crippen LogP contribution >= 0.6 is 11.6 Å². The van der Waals surface area contributed by atoms with Crippen LogP contribution in [-0.2, 0) is 4.79 Å². The Morgan fingerprint density at radius 1 is 0.769 bits per heavy atom. The number of carbonyl (C=O) groups excluding carboxylic acids is 2. The minimum Gasteiger partial charge on any atom is -0.326 e. The number of nitrogens with one attached hydrogen (secondary N) is 1. The molecule has 0 saturated heterocycles. The highest BCUT2D eigenvalue weighted by molar-refractivity contribution is 6.30. The van der Waals surface area contributed by atoms with Crippen molar-refractivity contribution in [2.45, 2.75) is 12.8 Å². The van der Waals surface area contributed by atoms with E-state index in [9.17, 15) is 9.59 Å². The van der Waals surface area contributed by atoms with Gasteiger partial charge in [-0.15, -0.1) is 0 Å². The average Bonchev–Trinajstić information content (AvgIpc) is 2.67. The van der Waals surface area contributed by atoms with E-state index in [1.54, 1.807) is 36.4 Å². The van der Waals surface area contributed by atoms with Crippen molar-refractivity contribution in [3.05, 3.63) is 89.4 Å². The zero-order valence-electron chi connectivity index (χ0n) is 14.1. The van der Waals surface area contributed by atoms with Gasteiger partial charge in [0, 0.05) is 29.1 Å². The second-order valence-corrected chi connectivity index (χ2v) is 6.36. The van der Waals surface area contributed by atoms with Crippen molar-refractivity contribution in [1.82, 2.24) is 0 Å². The number of Topliss-reactive ketones (excluding diaryl/α,β-unsaturated/α-hetero) is 1. The van der Waals surface area contributed by atoms with Crippen LogP contribution in [0, 0.1) is 0 Å². The second-order valence-electron chi connectivity index (χ2n) is 5.93. The molecule has 0 saturated carbocycles. The van der Waals surface area contributed by atoms with Crippen molar-refractivity contribution in [2.75, 3.05) is 5.32 Å². The van der Waals surface area contributed by atoms with E-state index >= 15 is 0 Å². The van der Waals surface area contributed by atoms with E-state index < -0.39 is 0 Å². The molecule has 4 heteroatoms. The number of benzene rings is 3. The third-order valence-electron chi connectivity index (χ3n) is 4.00. The van der Waals surface area contributed by atoms with Crippen molar-refractivity contribution in [3.63, 3.8) is 0 Å². The molecule has 0 aliphatic carbocycles. The first-order valence-electron chi connectivity index (χ1n) is 8.36. The fourth-order valence-corrected chi connectivity index (χ4v) is 2.83. The second kappa shape index (κ2) is 8.45. The minimum atomic E-state index is -0.207. The van der Waals surface area contributed by atoms with Gasteiger partial charge in [0.2, 0.25) is 5.91 Å². The molecular formula is C22H18ClNO2. The van der Waals surface area contributed by atoms with Crippen LogP contribution in [0.2, 0.25) is 5.02 Å². The van der Waals surface area contributed by atoms with Crippen molar-refractivity contribution >= 4 is 29.0 Å². The summed E-state index contributed by atoms with van der Waals surface area (Å²) >= 11 is 5.89. The third-order valence-corrected chi connectivity index (χ3v) is 4.24. The van der Waals surface area contributed by atoms with E-state index in [0.29, 0.717) is 16.3 Å². The number of carbonyl (C=O) groups is 2. The van der Waals surface area contributed by atoms with Crippen molar-refractivity contribution < 1.29 is 9.59 Å². The number of amides is 1. The van der Waals surface area contributed by atoms with Gasteiger partial charge in [0.25, 0.3) is 0 Å². The molecule has 0 unspecified atom stereocenters. The number of ketones is 1. The smallest absolute Gasteiger partial charge is 0.224 e. The van der Waals surface area contributed by atoms with Crippen LogP contribution in [0.15, 0.2) is 78.9 Å². The molecule has 0 fully saturated rings. The van der Waals surface area contributed by atoms with E-state index in [4.69, 9.17) is 11.6 Å². The van der Waals surface area contributed by atoms with Gasteiger partial charge in [0.1, 0.15) is 0 Å². The maximum atomic E-state index is 12.3. The molecule has 3 nitrogen and oxygen atoms in total. The molecule has 0 atom stereocenters. The van der Waals surface area contributed by atoms with E-state index in [-0.39, 0.29) is 24.5 Å². The van der Waals surface area contributed by atoms with Gasteiger partial charge in [0.15, 0.2) is 5.78 Å². The molecule has 0 bridgehead atoms. The van der Waals surface area contributed by atoms with Gasteiger partial charge >= 0.3 is 0 Å². The number of hydrogen-bond donors (Lipinski definition) is 1. The maximum Gasteiger partial charge on any atom is 0.224 e. The summed E-state index contributed by atoms with van der Waals surface area (Å²) in [6.45, 7) is 0. The van der Waals surface area contributed by atoms with Gasteiger partial charge in [-0.05, 0) is 29.3 Å². The highest BCUT2D eigenvalue weighted by atomic mass is 35.5. The van der Waals surface area contributed by atoms with Crippen LogP contribution in [0.4, 0.5) is 5.69 Å². The van der Waals surface area contributed by atoms with Gasteiger partial charge in [-0.3, -0.25) is 9.59 Å². The Bertz CT molecular complexity index is 905. The largest absolute Gasteiger partial charge is 0.326 e.